The molecule has 0 radical (unpaired) electrons. The maximum atomic E-state index is 12.6. The number of benzene rings is 2. The van der Waals surface area contributed by atoms with Crippen LogP contribution < -0.4 is 10.9 Å². The normalized spacial score (nSPS) is 11.7. The molecule has 0 fully saturated rings. The molecule has 4 rings (SSSR count). The van der Waals surface area contributed by atoms with Crippen LogP contribution >= 0.6 is 11.3 Å². The number of nitrogens with zero attached hydrogens (tertiary/aromatic N) is 2. The summed E-state index contributed by atoms with van der Waals surface area (Å²) in [5.41, 5.74) is 0.964. The van der Waals surface area contributed by atoms with Gasteiger partial charge in [-0.2, -0.15) is 4.31 Å². The van der Waals surface area contributed by atoms with Gasteiger partial charge >= 0.3 is 5.63 Å². The second-order valence-corrected chi connectivity index (χ2v) is 9.89. The number of para-hydroxylation sites is 1. The first kappa shape index (κ1) is 22.8. The number of hydrogen-bond acceptors (Lipinski definition) is 7. The number of nitrogens with one attached hydrogen (secondary N) is 1. The zero-order valence-electron chi connectivity index (χ0n) is 17.9. The Bertz CT molecular complexity index is 1470. The van der Waals surface area contributed by atoms with E-state index in [4.69, 9.17) is 4.42 Å². The van der Waals surface area contributed by atoms with Gasteiger partial charge in [0.2, 0.25) is 10.0 Å². The van der Waals surface area contributed by atoms with E-state index >= 15 is 0 Å². The van der Waals surface area contributed by atoms with Crippen molar-refractivity contribution >= 4 is 43.4 Å². The van der Waals surface area contributed by atoms with Crippen LogP contribution in [0.25, 0.3) is 22.2 Å². The number of hydrogen-bond donors (Lipinski definition) is 1. The lowest BCUT2D eigenvalue weighted by Gasteiger charge is -2.18. The lowest BCUT2D eigenvalue weighted by molar-refractivity contribution is 0.102. The van der Waals surface area contributed by atoms with E-state index in [1.54, 1.807) is 37.4 Å². The minimum Gasteiger partial charge on any atom is -0.422 e. The summed E-state index contributed by atoms with van der Waals surface area (Å²) in [6, 6.07) is 14.6. The molecule has 2 aromatic carbocycles. The summed E-state index contributed by atoms with van der Waals surface area (Å²) in [7, 11) is -3.60. The van der Waals surface area contributed by atoms with Crippen molar-refractivity contribution in [1.29, 1.82) is 0 Å². The van der Waals surface area contributed by atoms with Crippen molar-refractivity contribution < 1.29 is 17.6 Å². The Morgan fingerprint density at radius 2 is 1.79 bits per heavy atom. The molecule has 0 bridgehead atoms. The SMILES string of the molecule is CCN(CC)S(=O)(=O)c1ccc(C(=O)Nc2nc(-c3cc4ccccc4oc3=O)cs2)cc1. The Morgan fingerprint density at radius 3 is 2.48 bits per heavy atom. The Morgan fingerprint density at radius 1 is 1.09 bits per heavy atom. The number of anilines is 1. The summed E-state index contributed by atoms with van der Waals surface area (Å²) in [5, 5.41) is 5.42. The van der Waals surface area contributed by atoms with Crippen LogP contribution in [0, 0.1) is 0 Å². The zero-order valence-corrected chi connectivity index (χ0v) is 19.6. The van der Waals surface area contributed by atoms with Crippen LogP contribution in [0.5, 0.6) is 0 Å². The first-order valence-electron chi connectivity index (χ1n) is 10.2. The minimum absolute atomic E-state index is 0.127. The Labute approximate surface area is 194 Å². The molecular weight excluding hydrogens is 462 g/mol. The van der Waals surface area contributed by atoms with Gasteiger partial charge in [0.15, 0.2) is 5.13 Å². The standard InChI is InChI=1S/C23H21N3O5S2/c1-3-26(4-2)33(29,30)17-11-9-15(10-12-17)21(27)25-23-24-19(14-32-23)18-13-16-7-5-6-8-20(16)31-22(18)28/h5-14H,3-4H2,1-2H3,(H,24,25,27). The highest BCUT2D eigenvalue weighted by molar-refractivity contribution is 7.89. The van der Waals surface area contributed by atoms with E-state index in [-0.39, 0.29) is 10.5 Å². The molecule has 0 atom stereocenters. The quantitative estimate of drug-likeness (QED) is 0.395. The van der Waals surface area contributed by atoms with Crippen LogP contribution in [0.1, 0.15) is 24.2 Å². The van der Waals surface area contributed by atoms with E-state index in [1.807, 2.05) is 12.1 Å². The molecule has 0 saturated heterocycles. The lowest BCUT2D eigenvalue weighted by atomic mass is 10.1. The topological polar surface area (TPSA) is 110 Å². The maximum absolute atomic E-state index is 12.6. The third-order valence-electron chi connectivity index (χ3n) is 5.10. The molecule has 1 amide bonds. The number of sulfonamides is 1. The van der Waals surface area contributed by atoms with Crippen molar-refractivity contribution in [1.82, 2.24) is 9.29 Å². The minimum atomic E-state index is -3.60. The average Bonchev–Trinajstić information content (AvgIpc) is 3.27. The number of carbonyl (C=O) groups excluding carboxylic acids is 1. The van der Waals surface area contributed by atoms with Crippen LogP contribution in [0.2, 0.25) is 0 Å². The van der Waals surface area contributed by atoms with E-state index in [1.165, 1.54) is 39.9 Å². The van der Waals surface area contributed by atoms with Crippen molar-refractivity contribution in [3.8, 4) is 11.3 Å². The molecule has 10 heteroatoms. The number of thiazole rings is 1. The van der Waals surface area contributed by atoms with E-state index in [2.05, 4.69) is 10.3 Å². The molecule has 0 spiro atoms. The molecule has 33 heavy (non-hydrogen) atoms. The summed E-state index contributed by atoms with van der Waals surface area (Å²) in [5.74, 6) is -0.437. The summed E-state index contributed by atoms with van der Waals surface area (Å²) in [6.07, 6.45) is 0. The second-order valence-electron chi connectivity index (χ2n) is 7.09. The van der Waals surface area contributed by atoms with E-state index < -0.39 is 21.6 Å². The molecule has 2 heterocycles. The first-order valence-corrected chi connectivity index (χ1v) is 12.6. The van der Waals surface area contributed by atoms with Crippen molar-refractivity contribution in [3.63, 3.8) is 0 Å². The van der Waals surface area contributed by atoms with Gasteiger partial charge in [0.25, 0.3) is 5.91 Å². The molecule has 170 valence electrons. The molecule has 0 aliphatic rings. The predicted molar refractivity (Wildman–Crippen MR) is 128 cm³/mol. The van der Waals surface area contributed by atoms with Gasteiger partial charge < -0.3 is 4.42 Å². The van der Waals surface area contributed by atoms with Crippen molar-refractivity contribution in [2.45, 2.75) is 18.7 Å². The van der Waals surface area contributed by atoms with Gasteiger partial charge in [-0.05, 0) is 36.4 Å². The predicted octanol–water partition coefficient (Wildman–Crippen LogP) is 4.20. The molecule has 0 aliphatic heterocycles. The van der Waals surface area contributed by atoms with Gasteiger partial charge in [0.05, 0.1) is 16.2 Å². The van der Waals surface area contributed by atoms with Gasteiger partial charge in [0, 0.05) is 29.4 Å². The molecular formula is C23H21N3O5S2. The maximum Gasteiger partial charge on any atom is 0.345 e. The number of amides is 1. The highest BCUT2D eigenvalue weighted by atomic mass is 32.2. The number of carbonyl (C=O) groups is 1. The third-order valence-corrected chi connectivity index (χ3v) is 7.92. The molecule has 1 N–H and O–H groups in total. The molecule has 0 aliphatic carbocycles. The number of aromatic nitrogens is 1. The molecule has 8 nitrogen and oxygen atoms in total. The van der Waals surface area contributed by atoms with Crippen LogP contribution in [0.15, 0.2) is 74.1 Å². The monoisotopic (exact) mass is 483 g/mol. The van der Waals surface area contributed by atoms with E-state index in [0.29, 0.717) is 35.1 Å². The Kier molecular flexibility index (Phi) is 6.41. The van der Waals surface area contributed by atoms with Crippen LogP contribution in [0.4, 0.5) is 5.13 Å². The third kappa shape index (κ3) is 4.58. The molecule has 2 aromatic heterocycles. The Hall–Kier alpha value is -3.34. The highest BCUT2D eigenvalue weighted by Gasteiger charge is 2.22. The Balaban J connectivity index is 1.53. The number of fused-ring (bicyclic) bond motifs is 1. The number of rotatable bonds is 7. The smallest absolute Gasteiger partial charge is 0.345 e. The van der Waals surface area contributed by atoms with Gasteiger partial charge in [-0.1, -0.05) is 32.0 Å². The van der Waals surface area contributed by atoms with Crippen molar-refractivity contribution in [2.75, 3.05) is 18.4 Å². The largest absolute Gasteiger partial charge is 0.422 e. The molecule has 4 aromatic rings. The fourth-order valence-electron chi connectivity index (χ4n) is 3.36. The fourth-order valence-corrected chi connectivity index (χ4v) is 5.52. The van der Waals surface area contributed by atoms with Crippen LogP contribution in [-0.4, -0.2) is 36.7 Å². The second kappa shape index (κ2) is 9.26. The van der Waals surface area contributed by atoms with E-state index in [9.17, 15) is 18.0 Å². The fraction of sp³-hybridized carbons (Fsp3) is 0.174. The lowest BCUT2D eigenvalue weighted by Crippen LogP contribution is -2.30. The molecule has 0 saturated carbocycles. The van der Waals surface area contributed by atoms with Gasteiger partial charge in [-0.15, -0.1) is 11.3 Å². The van der Waals surface area contributed by atoms with Gasteiger partial charge in [-0.25, -0.2) is 18.2 Å². The van der Waals surface area contributed by atoms with Crippen molar-refractivity contribution in [2.24, 2.45) is 0 Å². The van der Waals surface area contributed by atoms with Gasteiger partial charge in [0.1, 0.15) is 5.58 Å². The summed E-state index contributed by atoms with van der Waals surface area (Å²) in [4.78, 5) is 29.4. The summed E-state index contributed by atoms with van der Waals surface area (Å²) >= 11 is 1.17. The van der Waals surface area contributed by atoms with E-state index in [0.717, 1.165) is 5.39 Å². The van der Waals surface area contributed by atoms with Crippen LogP contribution in [-0.2, 0) is 10.0 Å². The molecule has 0 unspecified atom stereocenters. The summed E-state index contributed by atoms with van der Waals surface area (Å²) in [6.45, 7) is 4.27. The van der Waals surface area contributed by atoms with Crippen LogP contribution in [0.3, 0.4) is 0 Å². The first-order chi connectivity index (χ1) is 15.8. The highest BCUT2D eigenvalue weighted by Crippen LogP contribution is 2.26. The van der Waals surface area contributed by atoms with Crippen molar-refractivity contribution in [3.05, 3.63) is 76.0 Å². The summed E-state index contributed by atoms with van der Waals surface area (Å²) < 4.78 is 31.9. The average molecular weight is 484 g/mol. The van der Waals surface area contributed by atoms with Gasteiger partial charge in [-0.3, -0.25) is 10.1 Å². The zero-order chi connectivity index (χ0) is 23.6.